The molecule has 1 aromatic rings. The molecule has 1 aromatic heterocycles. The highest BCUT2D eigenvalue weighted by molar-refractivity contribution is 5.57. The van der Waals surface area contributed by atoms with Gasteiger partial charge < -0.3 is 10.3 Å². The Morgan fingerprint density at radius 1 is 1.26 bits per heavy atom. The van der Waals surface area contributed by atoms with Crippen LogP contribution in [0.2, 0.25) is 0 Å². The molecule has 3 nitrogen and oxygen atoms in total. The van der Waals surface area contributed by atoms with E-state index in [1.807, 2.05) is 6.92 Å². The molecule has 19 heavy (non-hydrogen) atoms. The second kappa shape index (κ2) is 5.69. The molecule has 0 spiro atoms. The van der Waals surface area contributed by atoms with E-state index in [0.717, 1.165) is 29.6 Å². The van der Waals surface area contributed by atoms with Crippen LogP contribution in [0.5, 0.6) is 0 Å². The van der Waals surface area contributed by atoms with Crippen LogP contribution in [-0.4, -0.2) is 4.57 Å². The third-order valence-corrected chi connectivity index (χ3v) is 4.88. The minimum absolute atomic E-state index is 0.654. The van der Waals surface area contributed by atoms with Gasteiger partial charge in [0.15, 0.2) is 0 Å². The van der Waals surface area contributed by atoms with Crippen LogP contribution >= 0.6 is 0 Å². The van der Waals surface area contributed by atoms with Crippen molar-refractivity contribution in [3.8, 4) is 6.07 Å². The summed E-state index contributed by atoms with van der Waals surface area (Å²) in [5, 5.41) is 9.14. The molecule has 104 valence electrons. The number of anilines is 1. The molecule has 1 saturated carbocycles. The largest absolute Gasteiger partial charge is 0.384 e. The molecule has 1 heterocycles. The molecule has 0 bridgehead atoms. The van der Waals surface area contributed by atoms with Gasteiger partial charge in [0.2, 0.25) is 0 Å². The van der Waals surface area contributed by atoms with Crippen molar-refractivity contribution in [3.63, 3.8) is 0 Å². The summed E-state index contributed by atoms with van der Waals surface area (Å²) in [6, 6.07) is 2.22. The van der Waals surface area contributed by atoms with Crippen molar-refractivity contribution < 1.29 is 0 Å². The number of aromatic nitrogens is 1. The van der Waals surface area contributed by atoms with E-state index < -0.39 is 0 Å². The number of rotatable bonds is 3. The second-order valence-corrected chi connectivity index (χ2v) is 6.15. The molecule has 0 unspecified atom stereocenters. The maximum atomic E-state index is 9.14. The average Bonchev–Trinajstić information content (AvgIpc) is 2.60. The summed E-state index contributed by atoms with van der Waals surface area (Å²) in [6.45, 7) is 7.37. The van der Waals surface area contributed by atoms with Crippen LogP contribution in [0.4, 0.5) is 5.82 Å². The molecule has 2 rings (SSSR count). The maximum absolute atomic E-state index is 9.14. The summed E-state index contributed by atoms with van der Waals surface area (Å²) in [7, 11) is 0. The number of nitrogens with two attached hydrogens (primary N) is 1. The summed E-state index contributed by atoms with van der Waals surface area (Å²) in [5.74, 6) is 2.40. The van der Waals surface area contributed by atoms with Gasteiger partial charge in [-0.05, 0) is 37.7 Å². The molecular weight excluding hydrogens is 234 g/mol. The summed E-state index contributed by atoms with van der Waals surface area (Å²) in [5.41, 5.74) is 8.95. The predicted molar refractivity (Wildman–Crippen MR) is 78.8 cm³/mol. The summed E-state index contributed by atoms with van der Waals surface area (Å²) in [4.78, 5) is 0. The Kier molecular flexibility index (Phi) is 4.19. The van der Waals surface area contributed by atoms with Crippen molar-refractivity contribution in [3.05, 3.63) is 16.8 Å². The van der Waals surface area contributed by atoms with E-state index in [1.54, 1.807) is 0 Å². The first kappa shape index (κ1) is 14.0. The van der Waals surface area contributed by atoms with Gasteiger partial charge in [0, 0.05) is 12.2 Å². The van der Waals surface area contributed by atoms with E-state index in [9.17, 15) is 0 Å². The molecule has 0 atom stereocenters. The third kappa shape index (κ3) is 2.78. The molecule has 3 heteroatoms. The highest BCUT2D eigenvalue weighted by Crippen LogP contribution is 2.32. The zero-order chi connectivity index (χ0) is 14.0. The van der Waals surface area contributed by atoms with Crippen LogP contribution in [0.25, 0.3) is 0 Å². The normalized spacial score (nSPS) is 23.3. The van der Waals surface area contributed by atoms with Gasteiger partial charge in [-0.25, -0.2) is 0 Å². The van der Waals surface area contributed by atoms with Crippen LogP contribution in [0, 0.1) is 37.0 Å². The summed E-state index contributed by atoms with van der Waals surface area (Å²) < 4.78 is 2.13. The van der Waals surface area contributed by atoms with Crippen molar-refractivity contribution in [1.82, 2.24) is 4.57 Å². The number of nitrogen functional groups attached to an aromatic ring is 1. The topological polar surface area (TPSA) is 54.7 Å². The minimum atomic E-state index is 0.654. The fourth-order valence-corrected chi connectivity index (χ4v) is 3.25. The fourth-order valence-electron chi connectivity index (χ4n) is 3.25. The Bertz CT molecular complexity index is 485. The molecule has 0 aromatic carbocycles. The SMILES string of the molecule is Cc1c(C#N)c(N)n(CCC2CCC(C)CC2)c1C. The first-order valence-corrected chi connectivity index (χ1v) is 7.39. The van der Waals surface area contributed by atoms with Crippen molar-refractivity contribution in [2.75, 3.05) is 5.73 Å². The van der Waals surface area contributed by atoms with E-state index in [4.69, 9.17) is 11.0 Å². The predicted octanol–water partition coefficient (Wildman–Crippen LogP) is 3.78. The van der Waals surface area contributed by atoms with Gasteiger partial charge >= 0.3 is 0 Å². The van der Waals surface area contributed by atoms with Gasteiger partial charge in [-0.2, -0.15) is 5.26 Å². The van der Waals surface area contributed by atoms with Gasteiger partial charge in [-0.1, -0.05) is 32.6 Å². The van der Waals surface area contributed by atoms with E-state index in [0.29, 0.717) is 11.4 Å². The third-order valence-electron chi connectivity index (χ3n) is 4.88. The smallest absolute Gasteiger partial charge is 0.122 e. The lowest BCUT2D eigenvalue weighted by atomic mass is 9.81. The van der Waals surface area contributed by atoms with Crippen molar-refractivity contribution in [2.24, 2.45) is 11.8 Å². The number of hydrogen-bond donors (Lipinski definition) is 1. The first-order chi connectivity index (χ1) is 9.04. The molecule has 2 N–H and O–H groups in total. The number of nitrogens with zero attached hydrogens (tertiary/aromatic N) is 2. The van der Waals surface area contributed by atoms with Gasteiger partial charge in [-0.15, -0.1) is 0 Å². The highest BCUT2D eigenvalue weighted by Gasteiger charge is 2.20. The van der Waals surface area contributed by atoms with Crippen molar-refractivity contribution in [2.45, 2.75) is 59.4 Å². The number of nitriles is 1. The summed E-state index contributed by atoms with van der Waals surface area (Å²) >= 11 is 0. The van der Waals surface area contributed by atoms with Crippen LogP contribution in [0.3, 0.4) is 0 Å². The van der Waals surface area contributed by atoms with Gasteiger partial charge in [-0.3, -0.25) is 0 Å². The van der Waals surface area contributed by atoms with Crippen LogP contribution in [0.1, 0.15) is 55.8 Å². The fraction of sp³-hybridized carbons (Fsp3) is 0.688. The monoisotopic (exact) mass is 259 g/mol. The Hall–Kier alpha value is -1.43. The molecule has 0 aliphatic heterocycles. The van der Waals surface area contributed by atoms with Crippen LogP contribution in [-0.2, 0) is 6.54 Å². The Morgan fingerprint density at radius 2 is 1.89 bits per heavy atom. The quantitative estimate of drug-likeness (QED) is 0.898. The lowest BCUT2D eigenvalue weighted by molar-refractivity contribution is 0.269. The lowest BCUT2D eigenvalue weighted by Crippen LogP contribution is -2.15. The van der Waals surface area contributed by atoms with Crippen molar-refractivity contribution >= 4 is 5.82 Å². The Labute approximate surface area is 116 Å². The Morgan fingerprint density at radius 3 is 2.42 bits per heavy atom. The lowest BCUT2D eigenvalue weighted by Gasteiger charge is -2.26. The second-order valence-electron chi connectivity index (χ2n) is 6.15. The number of hydrogen-bond acceptors (Lipinski definition) is 2. The molecular formula is C16H25N3. The van der Waals surface area contributed by atoms with Gasteiger partial charge in [0.1, 0.15) is 11.9 Å². The van der Waals surface area contributed by atoms with E-state index in [-0.39, 0.29) is 0 Å². The van der Waals surface area contributed by atoms with E-state index >= 15 is 0 Å². The average molecular weight is 259 g/mol. The van der Waals surface area contributed by atoms with Gasteiger partial charge in [0.25, 0.3) is 0 Å². The Balaban J connectivity index is 2.02. The summed E-state index contributed by atoms with van der Waals surface area (Å²) in [6.07, 6.45) is 6.63. The molecule has 1 aliphatic carbocycles. The van der Waals surface area contributed by atoms with Crippen LogP contribution < -0.4 is 5.73 Å². The molecule has 0 amide bonds. The zero-order valence-corrected chi connectivity index (χ0v) is 12.4. The minimum Gasteiger partial charge on any atom is -0.384 e. The van der Waals surface area contributed by atoms with E-state index in [2.05, 4.69) is 24.5 Å². The standard InChI is InChI=1S/C16H25N3/c1-11-4-6-14(7-5-11)8-9-19-13(3)12(2)15(10-17)16(19)18/h11,14H,4-9,18H2,1-3H3. The highest BCUT2D eigenvalue weighted by atomic mass is 15.1. The zero-order valence-electron chi connectivity index (χ0n) is 12.4. The molecule has 1 fully saturated rings. The maximum Gasteiger partial charge on any atom is 0.122 e. The first-order valence-electron chi connectivity index (χ1n) is 7.39. The van der Waals surface area contributed by atoms with Crippen molar-refractivity contribution in [1.29, 1.82) is 5.26 Å². The molecule has 0 saturated heterocycles. The van der Waals surface area contributed by atoms with E-state index in [1.165, 1.54) is 32.1 Å². The molecule has 1 aliphatic rings. The van der Waals surface area contributed by atoms with Crippen LogP contribution in [0.15, 0.2) is 0 Å². The van der Waals surface area contributed by atoms with Gasteiger partial charge in [0.05, 0.1) is 5.56 Å². The molecule has 0 radical (unpaired) electrons.